The highest BCUT2D eigenvalue weighted by Gasteiger charge is 2.52. The monoisotopic (exact) mass is 532 g/mol. The van der Waals surface area contributed by atoms with Crippen molar-refractivity contribution in [3.8, 4) is 5.69 Å². The second kappa shape index (κ2) is 7.70. The van der Waals surface area contributed by atoms with Gasteiger partial charge in [-0.1, -0.05) is 66.7 Å². The molecule has 0 unspecified atom stereocenters. The van der Waals surface area contributed by atoms with Gasteiger partial charge < -0.3 is 18.3 Å². The van der Waals surface area contributed by atoms with E-state index in [0.717, 1.165) is 22.2 Å². The number of rotatable bonds is 2. The van der Waals surface area contributed by atoms with Crippen LogP contribution in [0.3, 0.4) is 0 Å². The maximum atomic E-state index is 6.64. The van der Waals surface area contributed by atoms with Crippen molar-refractivity contribution in [2.24, 2.45) is 0 Å². The summed E-state index contributed by atoms with van der Waals surface area (Å²) in [6.07, 6.45) is 0. The molecule has 0 radical (unpaired) electrons. The molecule has 1 aliphatic rings. The van der Waals surface area contributed by atoms with Crippen LogP contribution in [0.4, 0.5) is 0 Å². The van der Waals surface area contributed by atoms with Crippen LogP contribution in [0, 0.1) is 0 Å². The predicted octanol–water partition coefficient (Wildman–Crippen LogP) is 8.23. The minimum absolute atomic E-state index is 0.430. The Labute approximate surface area is 238 Å². The summed E-state index contributed by atoms with van der Waals surface area (Å²) in [4.78, 5) is 0. The Morgan fingerprint density at radius 3 is 1.90 bits per heavy atom. The van der Waals surface area contributed by atoms with Gasteiger partial charge in [0.25, 0.3) is 0 Å². The van der Waals surface area contributed by atoms with Crippen molar-refractivity contribution in [2.75, 3.05) is 0 Å². The molecule has 8 aromatic rings. The third kappa shape index (κ3) is 2.92. The Hall–Kier alpha value is -4.32. The molecule has 0 amide bonds. The van der Waals surface area contributed by atoms with Gasteiger partial charge in [0.15, 0.2) is 0 Å². The smallest absolute Gasteiger partial charge is 0.399 e. The molecule has 1 aliphatic heterocycles. The number of nitrogens with zero attached hydrogens (tertiary/aromatic N) is 2. The Bertz CT molecular complexity index is 2310. The molecule has 0 saturated carbocycles. The molecule has 0 aliphatic carbocycles. The molecule has 0 spiro atoms. The summed E-state index contributed by atoms with van der Waals surface area (Å²) in [7, 11) is -0.474. The van der Waals surface area contributed by atoms with E-state index in [9.17, 15) is 0 Å². The summed E-state index contributed by atoms with van der Waals surface area (Å²) in [5.74, 6) is 0. The average molecular weight is 532 g/mol. The second-order valence-corrected chi connectivity index (χ2v) is 12.4. The van der Waals surface area contributed by atoms with Crippen LogP contribution in [0.5, 0.6) is 0 Å². The second-order valence-electron chi connectivity index (χ2n) is 12.4. The summed E-state index contributed by atoms with van der Waals surface area (Å²) in [5.41, 5.74) is 7.26. The summed E-state index contributed by atoms with van der Waals surface area (Å²) in [5, 5.41) is 7.58. The van der Waals surface area contributed by atoms with E-state index >= 15 is 0 Å². The van der Waals surface area contributed by atoms with Gasteiger partial charge in [-0.25, -0.2) is 0 Å². The number of aromatic nitrogens is 2. The molecule has 1 saturated heterocycles. The molecule has 0 N–H and O–H groups in total. The SMILES string of the molecule is CC1(C)OB(c2cc3c4c5c(cccc5n3-c3ccccc3)c3cccc5c6ccccc6n(c4c2)c35)OC1(C)C. The predicted molar refractivity (Wildman–Crippen MR) is 171 cm³/mol. The lowest BCUT2D eigenvalue weighted by Gasteiger charge is -2.32. The summed E-state index contributed by atoms with van der Waals surface area (Å²) < 4.78 is 18.2. The zero-order valence-electron chi connectivity index (χ0n) is 23.6. The van der Waals surface area contributed by atoms with Crippen LogP contribution in [0.25, 0.3) is 65.6 Å². The summed E-state index contributed by atoms with van der Waals surface area (Å²) in [6.45, 7) is 8.47. The first kappa shape index (κ1) is 23.4. The van der Waals surface area contributed by atoms with E-state index < -0.39 is 18.3 Å². The van der Waals surface area contributed by atoms with Gasteiger partial charge in [-0.05, 0) is 74.9 Å². The van der Waals surface area contributed by atoms with Gasteiger partial charge in [-0.15, -0.1) is 0 Å². The molecule has 9 rings (SSSR count). The van der Waals surface area contributed by atoms with Crippen LogP contribution in [-0.4, -0.2) is 27.3 Å². The molecule has 0 atom stereocenters. The lowest BCUT2D eigenvalue weighted by molar-refractivity contribution is 0.00578. The van der Waals surface area contributed by atoms with Gasteiger partial charge >= 0.3 is 7.12 Å². The first-order valence-corrected chi connectivity index (χ1v) is 14.4. The lowest BCUT2D eigenvalue weighted by Crippen LogP contribution is -2.41. The highest BCUT2D eigenvalue weighted by molar-refractivity contribution is 6.63. The molecule has 5 aromatic carbocycles. The molecular formula is C36H29BN2O2. The first-order chi connectivity index (χ1) is 19.8. The Kier molecular flexibility index (Phi) is 4.39. The number of hydrogen-bond donors (Lipinski definition) is 0. The lowest BCUT2D eigenvalue weighted by atomic mass is 9.78. The van der Waals surface area contributed by atoms with Crippen molar-refractivity contribution in [1.29, 1.82) is 0 Å². The van der Waals surface area contributed by atoms with Crippen LogP contribution >= 0.6 is 0 Å². The Balaban J connectivity index is 1.57. The van der Waals surface area contributed by atoms with E-state index in [1.165, 1.54) is 48.9 Å². The molecular weight excluding hydrogens is 503 g/mol. The summed E-state index contributed by atoms with van der Waals surface area (Å²) in [6, 6.07) is 37.5. The van der Waals surface area contributed by atoms with Crippen molar-refractivity contribution < 1.29 is 9.31 Å². The normalized spacial score (nSPS) is 16.9. The van der Waals surface area contributed by atoms with Crippen LogP contribution in [-0.2, 0) is 9.31 Å². The summed E-state index contributed by atoms with van der Waals surface area (Å²) >= 11 is 0. The van der Waals surface area contributed by atoms with E-state index in [2.05, 4.69) is 140 Å². The van der Waals surface area contributed by atoms with Gasteiger partial charge in [0.1, 0.15) is 0 Å². The van der Waals surface area contributed by atoms with Crippen LogP contribution < -0.4 is 5.46 Å². The molecule has 3 aromatic heterocycles. The molecule has 4 nitrogen and oxygen atoms in total. The quantitative estimate of drug-likeness (QED) is 0.210. The fraction of sp³-hybridized carbons (Fsp3) is 0.167. The zero-order valence-corrected chi connectivity index (χ0v) is 23.6. The van der Waals surface area contributed by atoms with Crippen molar-refractivity contribution in [2.45, 2.75) is 38.9 Å². The molecule has 5 heteroatoms. The number of para-hydroxylation sites is 3. The minimum Gasteiger partial charge on any atom is -0.399 e. The molecule has 1 fully saturated rings. The minimum atomic E-state index is -0.474. The molecule has 41 heavy (non-hydrogen) atoms. The van der Waals surface area contributed by atoms with E-state index in [1.54, 1.807) is 0 Å². The van der Waals surface area contributed by atoms with Gasteiger partial charge in [-0.2, -0.15) is 0 Å². The Morgan fingerprint density at radius 2 is 1.12 bits per heavy atom. The average Bonchev–Trinajstić information content (AvgIpc) is 3.53. The van der Waals surface area contributed by atoms with Crippen LogP contribution in [0.2, 0.25) is 0 Å². The fourth-order valence-electron chi connectivity index (χ4n) is 7.04. The zero-order chi connectivity index (χ0) is 27.7. The van der Waals surface area contributed by atoms with Gasteiger partial charge in [-0.3, -0.25) is 0 Å². The van der Waals surface area contributed by atoms with E-state index in [-0.39, 0.29) is 0 Å². The maximum absolute atomic E-state index is 6.64. The van der Waals surface area contributed by atoms with Crippen LogP contribution in [0.1, 0.15) is 27.7 Å². The maximum Gasteiger partial charge on any atom is 0.494 e. The first-order valence-electron chi connectivity index (χ1n) is 14.4. The van der Waals surface area contributed by atoms with Crippen LogP contribution in [0.15, 0.2) is 103 Å². The van der Waals surface area contributed by atoms with Crippen molar-refractivity contribution in [3.05, 3.63) is 103 Å². The largest absolute Gasteiger partial charge is 0.494 e. The van der Waals surface area contributed by atoms with Crippen molar-refractivity contribution in [1.82, 2.24) is 8.97 Å². The van der Waals surface area contributed by atoms with Gasteiger partial charge in [0.05, 0.1) is 38.8 Å². The highest BCUT2D eigenvalue weighted by Crippen LogP contribution is 2.44. The molecule has 0 bridgehead atoms. The van der Waals surface area contributed by atoms with E-state index in [0.29, 0.717) is 0 Å². The third-order valence-electron chi connectivity index (χ3n) is 9.66. The van der Waals surface area contributed by atoms with Gasteiger partial charge in [0.2, 0.25) is 0 Å². The third-order valence-corrected chi connectivity index (χ3v) is 9.66. The topological polar surface area (TPSA) is 27.8 Å². The fourth-order valence-corrected chi connectivity index (χ4v) is 7.04. The van der Waals surface area contributed by atoms with E-state index in [4.69, 9.17) is 9.31 Å². The van der Waals surface area contributed by atoms with Gasteiger partial charge in [0, 0.05) is 32.6 Å². The van der Waals surface area contributed by atoms with Crippen molar-refractivity contribution in [3.63, 3.8) is 0 Å². The number of hydrogen-bond acceptors (Lipinski definition) is 2. The highest BCUT2D eigenvalue weighted by atomic mass is 16.7. The van der Waals surface area contributed by atoms with Crippen molar-refractivity contribution >= 4 is 72.5 Å². The number of fused-ring (bicyclic) bond motifs is 5. The van der Waals surface area contributed by atoms with E-state index in [1.807, 2.05) is 0 Å². The number of benzene rings is 5. The molecule has 198 valence electrons. The Morgan fingerprint density at radius 1 is 0.537 bits per heavy atom. The molecule has 4 heterocycles. The standard InChI is InChI=1S/C36H29BN2O2/c1-35(2)36(3,4)41-37(40-35)22-20-30-33-31(21-22)39-28-18-9-8-14-24(28)26-16-10-17-27(34(26)39)25-15-11-19-29(32(25)33)38(30)23-12-6-5-7-13-23/h5-21H,1-4H3.